The van der Waals surface area contributed by atoms with E-state index in [9.17, 15) is 4.79 Å². The molecule has 7 nitrogen and oxygen atoms in total. The number of nitrogens with zero attached hydrogens (tertiary/aromatic N) is 5. The largest absolute Gasteiger partial charge is 0.322 e. The molecule has 1 atom stereocenters. The number of nitrogens with one attached hydrogen (secondary N) is 1. The smallest absolute Gasteiger partial charge is 0.252 e. The van der Waals surface area contributed by atoms with E-state index in [2.05, 4.69) is 104 Å². The van der Waals surface area contributed by atoms with Gasteiger partial charge in [0.2, 0.25) is 0 Å². The molecule has 186 valence electrons. The molecule has 0 saturated carbocycles. The zero-order valence-electron chi connectivity index (χ0n) is 21.8. The predicted octanol–water partition coefficient (Wildman–Crippen LogP) is 5.74. The minimum atomic E-state index is -0.212. The van der Waals surface area contributed by atoms with Crippen molar-refractivity contribution in [3.63, 3.8) is 0 Å². The average Bonchev–Trinajstić information content (AvgIpc) is 3.48. The van der Waals surface area contributed by atoms with Crippen LogP contribution in [-0.4, -0.2) is 30.1 Å². The molecule has 35 heavy (non-hydrogen) atoms. The molecule has 4 rings (SSSR count). The van der Waals surface area contributed by atoms with Gasteiger partial charge in [-0.05, 0) is 96.6 Å². The van der Waals surface area contributed by atoms with Gasteiger partial charge in [0.15, 0.2) is 5.82 Å². The third-order valence-electron chi connectivity index (χ3n) is 7.07. The summed E-state index contributed by atoms with van der Waals surface area (Å²) in [4.78, 5) is 19.9. The third kappa shape index (κ3) is 5.23. The summed E-state index contributed by atoms with van der Waals surface area (Å²) in [6, 6.07) is 10.4. The lowest BCUT2D eigenvalue weighted by molar-refractivity contribution is 0.119. The summed E-state index contributed by atoms with van der Waals surface area (Å²) in [6.07, 6.45) is 0.907. The summed E-state index contributed by atoms with van der Waals surface area (Å²) in [7, 11) is 0. The van der Waals surface area contributed by atoms with Gasteiger partial charge in [-0.15, -0.1) is 16.4 Å². The van der Waals surface area contributed by atoms with Crippen molar-refractivity contribution in [3.8, 4) is 0 Å². The standard InChI is InChI=1S/C27H36N6OS/c1-8-27(6,7)33-25(29-30-31-33)24(17(2)3)32(16-22-10-9-11-35-22)15-21-14-20-12-18(4)19(5)13-23(20)28-26(21)34/h9-14,17,24H,8,15-16H2,1-7H3,(H,28,34). The Hall–Kier alpha value is -2.84. The van der Waals surface area contributed by atoms with E-state index in [0.717, 1.165) is 28.7 Å². The van der Waals surface area contributed by atoms with E-state index in [1.54, 1.807) is 11.3 Å². The summed E-state index contributed by atoms with van der Waals surface area (Å²) < 4.78 is 1.97. The Morgan fingerprint density at radius 2 is 1.89 bits per heavy atom. The van der Waals surface area contributed by atoms with E-state index >= 15 is 0 Å². The van der Waals surface area contributed by atoms with Crippen LogP contribution in [0, 0.1) is 19.8 Å². The summed E-state index contributed by atoms with van der Waals surface area (Å²) >= 11 is 1.73. The maximum Gasteiger partial charge on any atom is 0.252 e. The lowest BCUT2D eigenvalue weighted by atomic mass is 9.97. The van der Waals surface area contributed by atoms with E-state index < -0.39 is 0 Å². The van der Waals surface area contributed by atoms with E-state index in [-0.39, 0.29) is 23.1 Å². The number of aromatic nitrogens is 5. The number of fused-ring (bicyclic) bond motifs is 1. The number of hydrogen-bond acceptors (Lipinski definition) is 6. The number of thiophene rings is 1. The van der Waals surface area contributed by atoms with Crippen LogP contribution < -0.4 is 5.56 Å². The molecule has 1 unspecified atom stereocenters. The van der Waals surface area contributed by atoms with Crippen LogP contribution in [-0.2, 0) is 18.6 Å². The van der Waals surface area contributed by atoms with Gasteiger partial charge in [-0.2, -0.15) is 0 Å². The number of aromatic amines is 1. The minimum Gasteiger partial charge on any atom is -0.322 e. The zero-order valence-corrected chi connectivity index (χ0v) is 22.6. The second kappa shape index (κ2) is 10.0. The van der Waals surface area contributed by atoms with E-state index in [0.29, 0.717) is 13.1 Å². The van der Waals surface area contributed by atoms with Gasteiger partial charge in [0.1, 0.15) is 0 Å². The second-order valence-electron chi connectivity index (χ2n) is 10.4. The van der Waals surface area contributed by atoms with E-state index in [1.807, 2.05) is 10.7 Å². The van der Waals surface area contributed by atoms with Crippen molar-refractivity contribution < 1.29 is 0 Å². The second-order valence-corrected chi connectivity index (χ2v) is 11.5. The van der Waals surface area contributed by atoms with Gasteiger partial charge in [-0.1, -0.05) is 26.8 Å². The van der Waals surface area contributed by atoms with Crippen LogP contribution >= 0.6 is 11.3 Å². The molecule has 1 N–H and O–H groups in total. The fraction of sp³-hybridized carbons (Fsp3) is 0.481. The van der Waals surface area contributed by atoms with E-state index in [4.69, 9.17) is 0 Å². The Morgan fingerprint density at radius 1 is 1.14 bits per heavy atom. The topological polar surface area (TPSA) is 79.7 Å². The number of aryl methyl sites for hydroxylation is 2. The first-order valence-corrected chi connectivity index (χ1v) is 13.2. The predicted molar refractivity (Wildman–Crippen MR) is 143 cm³/mol. The number of tetrazole rings is 1. The Labute approximate surface area is 211 Å². The van der Waals surface area contributed by atoms with Gasteiger partial charge < -0.3 is 4.98 Å². The van der Waals surface area contributed by atoms with Gasteiger partial charge in [-0.3, -0.25) is 9.69 Å². The number of H-pyrrole nitrogens is 1. The van der Waals surface area contributed by atoms with Crippen molar-refractivity contribution in [2.45, 2.75) is 79.6 Å². The monoisotopic (exact) mass is 492 g/mol. The van der Waals surface area contributed by atoms with Crippen LogP contribution in [0.3, 0.4) is 0 Å². The summed E-state index contributed by atoms with van der Waals surface area (Å²) in [5, 5.41) is 16.1. The Kier molecular flexibility index (Phi) is 7.24. The van der Waals surface area contributed by atoms with Crippen LogP contribution in [0.1, 0.15) is 74.5 Å². The van der Waals surface area contributed by atoms with Gasteiger partial charge in [-0.25, -0.2) is 4.68 Å². The number of benzene rings is 1. The molecule has 0 amide bonds. The van der Waals surface area contributed by atoms with Crippen molar-refractivity contribution in [2.24, 2.45) is 5.92 Å². The average molecular weight is 493 g/mol. The molecule has 3 aromatic heterocycles. The normalized spacial score (nSPS) is 13.3. The molecule has 0 fully saturated rings. The van der Waals surface area contributed by atoms with Crippen molar-refractivity contribution in [2.75, 3.05) is 0 Å². The molecule has 4 aromatic rings. The highest BCUT2D eigenvalue weighted by molar-refractivity contribution is 7.09. The maximum atomic E-state index is 13.2. The lowest BCUT2D eigenvalue weighted by Gasteiger charge is -2.35. The number of pyridine rings is 1. The zero-order chi connectivity index (χ0) is 25.3. The molecule has 8 heteroatoms. The Bertz CT molecular complexity index is 1350. The minimum absolute atomic E-state index is 0.0482. The molecule has 0 spiro atoms. The molecule has 0 aliphatic heterocycles. The molecule has 0 bridgehead atoms. The quantitative estimate of drug-likeness (QED) is 0.322. The molecule has 0 radical (unpaired) electrons. The van der Waals surface area contributed by atoms with Crippen LogP contribution in [0.15, 0.2) is 40.5 Å². The Morgan fingerprint density at radius 3 is 2.54 bits per heavy atom. The SMILES string of the molecule is CCC(C)(C)n1nnnc1C(C(C)C)N(Cc1cccs1)Cc1cc2cc(C)c(C)cc2[nH]c1=O. The van der Waals surface area contributed by atoms with E-state index in [1.165, 1.54) is 16.0 Å². The summed E-state index contributed by atoms with van der Waals surface area (Å²) in [5.41, 5.74) is 3.75. The molecule has 0 aliphatic rings. The van der Waals surface area contributed by atoms with Crippen molar-refractivity contribution in [1.29, 1.82) is 0 Å². The fourth-order valence-electron chi connectivity index (χ4n) is 4.56. The molecule has 3 heterocycles. The van der Waals surface area contributed by atoms with Gasteiger partial charge in [0, 0.05) is 29.0 Å². The molecule has 0 saturated heterocycles. The number of hydrogen-bond donors (Lipinski definition) is 1. The molecular weight excluding hydrogens is 456 g/mol. The summed E-state index contributed by atoms with van der Waals surface area (Å²) in [5.74, 6) is 1.07. The van der Waals surface area contributed by atoms with Crippen molar-refractivity contribution >= 4 is 22.2 Å². The first-order valence-electron chi connectivity index (χ1n) is 12.3. The Balaban J connectivity index is 1.80. The fourth-order valence-corrected chi connectivity index (χ4v) is 5.29. The van der Waals surface area contributed by atoms with Crippen molar-refractivity contribution in [1.82, 2.24) is 30.1 Å². The lowest BCUT2D eigenvalue weighted by Crippen LogP contribution is -2.38. The van der Waals surface area contributed by atoms with Gasteiger partial charge >= 0.3 is 0 Å². The highest BCUT2D eigenvalue weighted by Gasteiger charge is 2.34. The maximum absolute atomic E-state index is 13.2. The third-order valence-corrected chi connectivity index (χ3v) is 7.93. The highest BCUT2D eigenvalue weighted by Crippen LogP contribution is 2.33. The van der Waals surface area contributed by atoms with Gasteiger partial charge in [0.25, 0.3) is 5.56 Å². The first kappa shape index (κ1) is 25.3. The van der Waals surface area contributed by atoms with Crippen LogP contribution in [0.5, 0.6) is 0 Å². The molecule has 1 aromatic carbocycles. The van der Waals surface area contributed by atoms with Crippen molar-refractivity contribution in [3.05, 3.63) is 73.5 Å². The van der Waals surface area contributed by atoms with Crippen LogP contribution in [0.4, 0.5) is 0 Å². The van der Waals surface area contributed by atoms with Crippen LogP contribution in [0.25, 0.3) is 10.9 Å². The van der Waals surface area contributed by atoms with Gasteiger partial charge in [0.05, 0.1) is 11.6 Å². The number of rotatable bonds is 9. The first-order chi connectivity index (χ1) is 16.6. The molecule has 0 aliphatic carbocycles. The van der Waals surface area contributed by atoms with Crippen LogP contribution in [0.2, 0.25) is 0 Å². The summed E-state index contributed by atoms with van der Waals surface area (Å²) in [6.45, 7) is 16.2. The molecular formula is C27H36N6OS. The highest BCUT2D eigenvalue weighted by atomic mass is 32.1.